The minimum atomic E-state index is -3.24. The summed E-state index contributed by atoms with van der Waals surface area (Å²) in [5.74, 6) is 0.391. The third-order valence-corrected chi connectivity index (χ3v) is 7.83. The highest BCUT2D eigenvalue weighted by atomic mass is 35.5. The fourth-order valence-corrected chi connectivity index (χ4v) is 6.20. The van der Waals surface area contributed by atoms with E-state index in [1.807, 2.05) is 41.8 Å². The first-order valence-corrected chi connectivity index (χ1v) is 11.3. The molecule has 27 heavy (non-hydrogen) atoms. The van der Waals surface area contributed by atoms with E-state index in [9.17, 15) is 13.2 Å². The molecule has 2 atom stereocenters. The van der Waals surface area contributed by atoms with E-state index in [2.05, 4.69) is 0 Å². The van der Waals surface area contributed by atoms with Crippen LogP contribution in [0.25, 0.3) is 11.1 Å². The number of piperidine rings is 1. The number of hydrogen-bond acceptors (Lipinski definition) is 3. The van der Waals surface area contributed by atoms with Crippen molar-refractivity contribution in [3.63, 3.8) is 0 Å². The largest absolute Gasteiger partial charge is 0.311 e. The number of fused-ring (bicyclic) bond motifs is 4. The molecule has 2 aliphatic heterocycles. The molecule has 1 aromatic heterocycles. The van der Waals surface area contributed by atoms with Crippen LogP contribution in [0.3, 0.4) is 0 Å². The number of halogens is 1. The molecular formula is C20H23ClN2O3S. The van der Waals surface area contributed by atoms with Crippen LogP contribution in [-0.2, 0) is 16.6 Å². The van der Waals surface area contributed by atoms with Crippen LogP contribution in [-0.4, -0.2) is 36.1 Å². The summed E-state index contributed by atoms with van der Waals surface area (Å²) in [5.41, 5.74) is 2.93. The summed E-state index contributed by atoms with van der Waals surface area (Å²) in [6, 6.07) is 11.0. The third kappa shape index (κ3) is 3.46. The molecule has 4 rings (SSSR count). The van der Waals surface area contributed by atoms with E-state index >= 15 is 0 Å². The standard InChI is InChI=1S/C20H23ClN2O3S/c1-2-9-27(25,26)22-11-14-10-16(13-22)20-18(7-8-19(24)23(20)12-14)15-3-5-17(21)6-4-15/h3-8,14,16H,2,9-13H2,1H3. The zero-order valence-corrected chi connectivity index (χ0v) is 16.8. The number of nitrogens with zero attached hydrogens (tertiary/aromatic N) is 2. The Balaban J connectivity index is 1.79. The van der Waals surface area contributed by atoms with Gasteiger partial charge in [-0.05, 0) is 42.5 Å². The predicted molar refractivity (Wildman–Crippen MR) is 108 cm³/mol. The maximum Gasteiger partial charge on any atom is 0.250 e. The predicted octanol–water partition coefficient (Wildman–Crippen LogP) is 3.33. The summed E-state index contributed by atoms with van der Waals surface area (Å²) in [6.45, 7) is 3.42. The van der Waals surface area contributed by atoms with Crippen molar-refractivity contribution in [3.05, 3.63) is 57.5 Å². The van der Waals surface area contributed by atoms with Crippen LogP contribution in [0, 0.1) is 5.92 Å². The molecule has 0 spiro atoms. The van der Waals surface area contributed by atoms with Gasteiger partial charge in [0, 0.05) is 47.9 Å². The van der Waals surface area contributed by atoms with Crippen molar-refractivity contribution < 1.29 is 8.42 Å². The number of pyridine rings is 1. The molecule has 0 saturated carbocycles. The van der Waals surface area contributed by atoms with Crippen LogP contribution in [0.4, 0.5) is 0 Å². The van der Waals surface area contributed by atoms with Crippen molar-refractivity contribution in [1.82, 2.24) is 8.87 Å². The molecule has 0 radical (unpaired) electrons. The normalized spacial score (nSPS) is 22.4. The van der Waals surface area contributed by atoms with Crippen LogP contribution < -0.4 is 5.56 Å². The van der Waals surface area contributed by atoms with Gasteiger partial charge in [0.15, 0.2) is 0 Å². The van der Waals surface area contributed by atoms with Gasteiger partial charge in [-0.15, -0.1) is 0 Å². The van der Waals surface area contributed by atoms with Crippen molar-refractivity contribution >= 4 is 21.6 Å². The molecule has 0 N–H and O–H groups in total. The zero-order valence-electron chi connectivity index (χ0n) is 15.3. The number of sulfonamides is 1. The second-order valence-electron chi connectivity index (χ2n) is 7.52. The van der Waals surface area contributed by atoms with Gasteiger partial charge in [-0.3, -0.25) is 4.79 Å². The molecule has 5 nitrogen and oxygen atoms in total. The minimum absolute atomic E-state index is 0.0118. The van der Waals surface area contributed by atoms with E-state index in [-0.39, 0.29) is 23.1 Å². The Labute approximate surface area is 164 Å². The van der Waals surface area contributed by atoms with E-state index < -0.39 is 10.0 Å². The first-order valence-electron chi connectivity index (χ1n) is 9.36. The summed E-state index contributed by atoms with van der Waals surface area (Å²) >= 11 is 6.02. The molecule has 0 amide bonds. The number of benzene rings is 1. The molecule has 2 bridgehead atoms. The van der Waals surface area contributed by atoms with Gasteiger partial charge in [-0.25, -0.2) is 12.7 Å². The number of hydrogen-bond donors (Lipinski definition) is 0. The fourth-order valence-electron chi connectivity index (χ4n) is 4.46. The Morgan fingerprint density at radius 2 is 1.81 bits per heavy atom. The quantitative estimate of drug-likeness (QED) is 0.782. The van der Waals surface area contributed by atoms with Crippen molar-refractivity contribution in [3.8, 4) is 11.1 Å². The Hall–Kier alpha value is -1.63. The minimum Gasteiger partial charge on any atom is -0.311 e. The molecule has 0 aliphatic carbocycles. The molecule has 2 unspecified atom stereocenters. The monoisotopic (exact) mass is 406 g/mol. The van der Waals surface area contributed by atoms with Gasteiger partial charge >= 0.3 is 0 Å². The lowest BCUT2D eigenvalue weighted by atomic mass is 9.81. The summed E-state index contributed by atoms with van der Waals surface area (Å²) < 4.78 is 28.8. The van der Waals surface area contributed by atoms with Gasteiger partial charge in [0.05, 0.1) is 5.75 Å². The highest BCUT2D eigenvalue weighted by Gasteiger charge is 2.39. The van der Waals surface area contributed by atoms with Gasteiger partial charge in [-0.1, -0.05) is 30.7 Å². The molecule has 3 heterocycles. The van der Waals surface area contributed by atoms with Crippen LogP contribution in [0.5, 0.6) is 0 Å². The van der Waals surface area contributed by atoms with E-state index in [1.54, 1.807) is 10.4 Å². The molecule has 2 aromatic rings. The van der Waals surface area contributed by atoms with Crippen molar-refractivity contribution in [2.45, 2.75) is 32.2 Å². The van der Waals surface area contributed by atoms with Crippen LogP contribution >= 0.6 is 11.6 Å². The number of rotatable bonds is 4. The average molecular weight is 407 g/mol. The first-order chi connectivity index (χ1) is 12.9. The van der Waals surface area contributed by atoms with Gasteiger partial charge in [-0.2, -0.15) is 0 Å². The molecule has 1 fully saturated rings. The second-order valence-corrected chi connectivity index (χ2v) is 10.0. The second kappa shape index (κ2) is 7.08. The third-order valence-electron chi connectivity index (χ3n) is 5.57. The SMILES string of the molecule is CCCS(=O)(=O)N1CC2CC(C1)c1c(-c3ccc(Cl)cc3)ccc(=O)n1C2. The lowest BCUT2D eigenvalue weighted by molar-refractivity contribution is 0.187. The van der Waals surface area contributed by atoms with E-state index in [1.165, 1.54) is 0 Å². The Morgan fingerprint density at radius 3 is 2.52 bits per heavy atom. The summed E-state index contributed by atoms with van der Waals surface area (Å²) in [6.07, 6.45) is 1.53. The van der Waals surface area contributed by atoms with Gasteiger partial charge < -0.3 is 4.57 Å². The topological polar surface area (TPSA) is 59.4 Å². The maximum atomic E-state index is 12.6. The fraction of sp³-hybridized carbons (Fsp3) is 0.450. The summed E-state index contributed by atoms with van der Waals surface area (Å²) in [7, 11) is -3.24. The van der Waals surface area contributed by atoms with Gasteiger partial charge in [0.2, 0.25) is 10.0 Å². The molecular weight excluding hydrogens is 384 g/mol. The number of aromatic nitrogens is 1. The zero-order chi connectivity index (χ0) is 19.2. The highest BCUT2D eigenvalue weighted by Crippen LogP contribution is 2.40. The summed E-state index contributed by atoms with van der Waals surface area (Å²) in [4.78, 5) is 12.5. The van der Waals surface area contributed by atoms with Crippen LogP contribution in [0.15, 0.2) is 41.2 Å². The molecule has 1 aromatic carbocycles. The first kappa shape index (κ1) is 18.7. The van der Waals surface area contributed by atoms with E-state index in [4.69, 9.17) is 11.6 Å². The molecule has 2 aliphatic rings. The average Bonchev–Trinajstić information content (AvgIpc) is 2.63. The van der Waals surface area contributed by atoms with Gasteiger partial charge in [0.25, 0.3) is 5.56 Å². The Bertz CT molecular complexity index is 1010. The van der Waals surface area contributed by atoms with Crippen molar-refractivity contribution in [1.29, 1.82) is 0 Å². The van der Waals surface area contributed by atoms with Crippen molar-refractivity contribution in [2.75, 3.05) is 18.8 Å². The van der Waals surface area contributed by atoms with E-state index in [0.29, 0.717) is 31.1 Å². The highest BCUT2D eigenvalue weighted by molar-refractivity contribution is 7.89. The van der Waals surface area contributed by atoms with Crippen molar-refractivity contribution in [2.24, 2.45) is 5.92 Å². The van der Waals surface area contributed by atoms with Gasteiger partial charge in [0.1, 0.15) is 0 Å². The Kier molecular flexibility index (Phi) is 4.91. The maximum absolute atomic E-state index is 12.6. The lowest BCUT2D eigenvalue weighted by Gasteiger charge is -2.43. The summed E-state index contributed by atoms with van der Waals surface area (Å²) in [5, 5.41) is 0.662. The van der Waals surface area contributed by atoms with E-state index in [0.717, 1.165) is 23.2 Å². The lowest BCUT2D eigenvalue weighted by Crippen LogP contribution is -2.49. The molecule has 7 heteroatoms. The Morgan fingerprint density at radius 1 is 1.07 bits per heavy atom. The van der Waals surface area contributed by atoms with Crippen LogP contribution in [0.2, 0.25) is 5.02 Å². The molecule has 1 saturated heterocycles. The smallest absolute Gasteiger partial charge is 0.250 e. The molecule has 144 valence electrons. The van der Waals surface area contributed by atoms with Crippen LogP contribution in [0.1, 0.15) is 31.4 Å².